The van der Waals surface area contributed by atoms with Crippen LogP contribution < -0.4 is 0 Å². The molecule has 1 heterocycles. The number of cyclic esters (lactones) is 1. The maximum Gasteiger partial charge on any atom is 0.334 e. The molecule has 1 aliphatic heterocycles. The molecule has 1 rings (SSSR count). The first-order valence-corrected chi connectivity index (χ1v) is 4.04. The highest BCUT2D eigenvalue weighted by atomic mass is 16.6. The van der Waals surface area contributed by atoms with Gasteiger partial charge in [0, 0.05) is 5.57 Å². The molecule has 0 aliphatic carbocycles. The Morgan fingerprint density at radius 1 is 1.62 bits per heavy atom. The fourth-order valence-electron chi connectivity index (χ4n) is 1.36. The summed E-state index contributed by atoms with van der Waals surface area (Å²) in [5.74, 6) is -0.322. The highest BCUT2D eigenvalue weighted by Gasteiger charge is 2.31. The molecule has 0 aromatic rings. The van der Waals surface area contributed by atoms with E-state index in [-0.39, 0.29) is 5.97 Å². The van der Waals surface area contributed by atoms with Gasteiger partial charge in [-0.05, 0) is 38.5 Å². The minimum absolute atomic E-state index is 0.322. The molecule has 0 amide bonds. The van der Waals surface area contributed by atoms with Gasteiger partial charge in [-0.15, -0.1) is 0 Å². The second-order valence-electron chi connectivity index (χ2n) is 3.41. The second-order valence-corrected chi connectivity index (χ2v) is 3.41. The molecule has 0 aromatic heterocycles. The number of allylic oxidation sites excluding steroid dienone is 1. The zero-order valence-corrected chi connectivity index (χ0v) is 7.96. The Hall–Kier alpha value is -1.38. The van der Waals surface area contributed by atoms with E-state index in [1.54, 1.807) is 32.9 Å². The number of aldehydes is 1. The van der Waals surface area contributed by atoms with Crippen LogP contribution in [0.3, 0.4) is 0 Å². The lowest BCUT2D eigenvalue weighted by molar-refractivity contribution is -0.142. The van der Waals surface area contributed by atoms with Gasteiger partial charge in [-0.1, -0.05) is 0 Å². The SMILES string of the molecule is CC1=CC(C)(/C=C(\C)C=O)OC1=O. The quantitative estimate of drug-likeness (QED) is 0.366. The molecule has 70 valence electrons. The molecule has 0 bridgehead atoms. The van der Waals surface area contributed by atoms with Crippen molar-refractivity contribution in [3.8, 4) is 0 Å². The summed E-state index contributed by atoms with van der Waals surface area (Å²) >= 11 is 0. The van der Waals surface area contributed by atoms with Gasteiger partial charge in [-0.2, -0.15) is 0 Å². The van der Waals surface area contributed by atoms with E-state index in [1.807, 2.05) is 0 Å². The second kappa shape index (κ2) is 3.17. The average molecular weight is 180 g/mol. The summed E-state index contributed by atoms with van der Waals surface area (Å²) in [6.45, 7) is 5.11. The van der Waals surface area contributed by atoms with Crippen LogP contribution in [0.2, 0.25) is 0 Å². The van der Waals surface area contributed by atoms with Crippen molar-refractivity contribution in [2.24, 2.45) is 0 Å². The van der Waals surface area contributed by atoms with E-state index in [1.165, 1.54) is 0 Å². The van der Waals surface area contributed by atoms with Crippen molar-refractivity contribution in [3.05, 3.63) is 23.3 Å². The number of carbonyl (C=O) groups is 2. The molecule has 1 atom stereocenters. The normalized spacial score (nSPS) is 28.4. The van der Waals surface area contributed by atoms with Crippen LogP contribution in [0.15, 0.2) is 23.3 Å². The summed E-state index contributed by atoms with van der Waals surface area (Å²) in [6.07, 6.45) is 4.08. The lowest BCUT2D eigenvalue weighted by Gasteiger charge is -2.16. The monoisotopic (exact) mass is 180 g/mol. The van der Waals surface area contributed by atoms with E-state index in [0.717, 1.165) is 6.29 Å². The predicted molar refractivity (Wildman–Crippen MR) is 48.1 cm³/mol. The van der Waals surface area contributed by atoms with Crippen LogP contribution >= 0.6 is 0 Å². The largest absolute Gasteiger partial charge is 0.447 e. The van der Waals surface area contributed by atoms with Crippen molar-refractivity contribution in [1.82, 2.24) is 0 Å². The molecule has 3 nitrogen and oxygen atoms in total. The fourth-order valence-corrected chi connectivity index (χ4v) is 1.36. The van der Waals surface area contributed by atoms with Gasteiger partial charge in [0.1, 0.15) is 11.9 Å². The summed E-state index contributed by atoms with van der Waals surface area (Å²) in [6, 6.07) is 0. The van der Waals surface area contributed by atoms with Crippen LogP contribution in [0.1, 0.15) is 20.8 Å². The van der Waals surface area contributed by atoms with Gasteiger partial charge >= 0.3 is 5.97 Å². The summed E-state index contributed by atoms with van der Waals surface area (Å²) in [5, 5.41) is 0. The van der Waals surface area contributed by atoms with Gasteiger partial charge in [0.15, 0.2) is 0 Å². The fraction of sp³-hybridized carbons (Fsp3) is 0.400. The number of ether oxygens (including phenoxy) is 1. The minimum atomic E-state index is -0.744. The smallest absolute Gasteiger partial charge is 0.334 e. The van der Waals surface area contributed by atoms with Crippen molar-refractivity contribution in [3.63, 3.8) is 0 Å². The molecule has 1 aliphatic rings. The topological polar surface area (TPSA) is 43.4 Å². The number of esters is 1. The highest BCUT2D eigenvalue weighted by Crippen LogP contribution is 2.26. The Labute approximate surface area is 77.1 Å². The van der Waals surface area contributed by atoms with Gasteiger partial charge in [-0.25, -0.2) is 4.79 Å². The van der Waals surface area contributed by atoms with Crippen LogP contribution in [0, 0.1) is 0 Å². The minimum Gasteiger partial charge on any atom is -0.447 e. The van der Waals surface area contributed by atoms with Crippen LogP contribution in [-0.2, 0) is 14.3 Å². The van der Waals surface area contributed by atoms with Crippen LogP contribution in [-0.4, -0.2) is 17.9 Å². The third kappa shape index (κ3) is 2.05. The first kappa shape index (κ1) is 9.71. The van der Waals surface area contributed by atoms with Crippen LogP contribution in [0.5, 0.6) is 0 Å². The third-order valence-electron chi connectivity index (χ3n) is 1.84. The van der Waals surface area contributed by atoms with Gasteiger partial charge < -0.3 is 4.74 Å². The molecule has 0 saturated carbocycles. The molecule has 0 N–H and O–H groups in total. The summed E-state index contributed by atoms with van der Waals surface area (Å²) in [7, 11) is 0. The van der Waals surface area contributed by atoms with E-state index >= 15 is 0 Å². The Balaban J connectivity index is 2.94. The molecule has 0 aromatic carbocycles. The standard InChI is InChI=1S/C10H12O3/c1-7(6-11)4-10(3)5-8(2)9(12)13-10/h4-6H,1-3H3/b7-4+. The molecular weight excluding hydrogens is 168 g/mol. The summed E-state index contributed by atoms with van der Waals surface area (Å²) < 4.78 is 5.07. The summed E-state index contributed by atoms with van der Waals surface area (Å²) in [5.41, 5.74) is 0.394. The Kier molecular flexibility index (Phi) is 2.36. The molecule has 3 heteroatoms. The zero-order valence-electron chi connectivity index (χ0n) is 7.96. The van der Waals surface area contributed by atoms with E-state index in [0.29, 0.717) is 11.1 Å². The van der Waals surface area contributed by atoms with Crippen molar-refractivity contribution >= 4 is 12.3 Å². The van der Waals surface area contributed by atoms with E-state index in [4.69, 9.17) is 4.74 Å². The first-order valence-electron chi connectivity index (χ1n) is 4.04. The Bertz CT molecular complexity index is 312. The molecule has 0 radical (unpaired) electrons. The number of carbonyl (C=O) groups excluding carboxylic acids is 2. The average Bonchev–Trinajstić information content (AvgIpc) is 2.25. The molecule has 13 heavy (non-hydrogen) atoms. The molecule has 0 saturated heterocycles. The Morgan fingerprint density at radius 2 is 2.23 bits per heavy atom. The lowest BCUT2D eigenvalue weighted by Crippen LogP contribution is -2.21. The van der Waals surface area contributed by atoms with Crippen molar-refractivity contribution < 1.29 is 14.3 Å². The summed E-state index contributed by atoms with van der Waals surface area (Å²) in [4.78, 5) is 21.4. The first-order chi connectivity index (χ1) is 5.97. The third-order valence-corrected chi connectivity index (χ3v) is 1.84. The maximum atomic E-state index is 11.1. The van der Waals surface area contributed by atoms with E-state index < -0.39 is 5.60 Å². The zero-order chi connectivity index (χ0) is 10.1. The van der Waals surface area contributed by atoms with Gasteiger partial charge in [0.05, 0.1) is 0 Å². The van der Waals surface area contributed by atoms with Gasteiger partial charge in [0.2, 0.25) is 0 Å². The van der Waals surface area contributed by atoms with Gasteiger partial charge in [0.25, 0.3) is 0 Å². The predicted octanol–water partition coefficient (Wildman–Crippen LogP) is 1.39. The lowest BCUT2D eigenvalue weighted by atomic mass is 10.0. The van der Waals surface area contributed by atoms with Crippen molar-refractivity contribution in [2.75, 3.05) is 0 Å². The van der Waals surface area contributed by atoms with E-state index in [2.05, 4.69) is 0 Å². The van der Waals surface area contributed by atoms with Gasteiger partial charge in [-0.3, -0.25) is 4.79 Å². The maximum absolute atomic E-state index is 11.1. The van der Waals surface area contributed by atoms with Crippen LogP contribution in [0.4, 0.5) is 0 Å². The molecular formula is C10H12O3. The Morgan fingerprint density at radius 3 is 2.62 bits per heavy atom. The van der Waals surface area contributed by atoms with Crippen molar-refractivity contribution in [2.45, 2.75) is 26.4 Å². The number of hydrogen-bond donors (Lipinski definition) is 0. The molecule has 0 spiro atoms. The van der Waals surface area contributed by atoms with Crippen molar-refractivity contribution in [1.29, 1.82) is 0 Å². The highest BCUT2D eigenvalue weighted by molar-refractivity contribution is 5.91. The molecule has 1 unspecified atom stereocenters. The number of rotatable bonds is 2. The number of hydrogen-bond acceptors (Lipinski definition) is 3. The van der Waals surface area contributed by atoms with Crippen LogP contribution in [0.25, 0.3) is 0 Å². The molecule has 0 fully saturated rings. The van der Waals surface area contributed by atoms with E-state index in [9.17, 15) is 9.59 Å².